The highest BCUT2D eigenvalue weighted by molar-refractivity contribution is 5.79. The lowest BCUT2D eigenvalue weighted by atomic mass is 9.96. The third-order valence-electron chi connectivity index (χ3n) is 6.77. The first-order valence-corrected chi connectivity index (χ1v) is 12.0. The van der Waals surface area contributed by atoms with Crippen LogP contribution in [0.4, 0.5) is 6.01 Å². The van der Waals surface area contributed by atoms with Crippen molar-refractivity contribution >= 4 is 11.9 Å². The molecule has 0 spiro atoms. The smallest absolute Gasteiger partial charge is 0.324 e. The van der Waals surface area contributed by atoms with Crippen molar-refractivity contribution in [2.24, 2.45) is 5.92 Å². The van der Waals surface area contributed by atoms with Crippen molar-refractivity contribution in [2.75, 3.05) is 38.2 Å². The number of amides is 1. The molecule has 5 rings (SSSR count). The van der Waals surface area contributed by atoms with Crippen LogP contribution in [0.2, 0.25) is 0 Å². The van der Waals surface area contributed by atoms with E-state index in [0.29, 0.717) is 11.8 Å². The molecule has 1 N–H and O–H groups in total. The van der Waals surface area contributed by atoms with Crippen LogP contribution in [0.15, 0.2) is 59.1 Å². The van der Waals surface area contributed by atoms with Crippen molar-refractivity contribution in [1.82, 2.24) is 20.4 Å². The molecule has 3 heterocycles. The molecule has 0 aliphatic carbocycles. The Kier molecular flexibility index (Phi) is 6.76. The minimum absolute atomic E-state index is 0.0309. The first-order valence-electron chi connectivity index (χ1n) is 12.0. The number of nitrogens with one attached hydrogen (secondary N) is 1. The van der Waals surface area contributed by atoms with E-state index in [1.807, 2.05) is 30.3 Å². The summed E-state index contributed by atoms with van der Waals surface area (Å²) >= 11 is 0. The Hall–Kier alpha value is -3.39. The molecule has 0 unspecified atom stereocenters. The SMILES string of the molecule is COc1ccc(-c2noc(N3CCC(C(=O)N[C@H]4CCN(Cc5ccccc5)C4)CC3)n2)cc1. The summed E-state index contributed by atoms with van der Waals surface area (Å²) in [6.45, 7) is 4.33. The summed E-state index contributed by atoms with van der Waals surface area (Å²) in [6.07, 6.45) is 2.58. The summed E-state index contributed by atoms with van der Waals surface area (Å²) in [7, 11) is 1.64. The van der Waals surface area contributed by atoms with Crippen LogP contribution >= 0.6 is 0 Å². The van der Waals surface area contributed by atoms with Crippen LogP contribution in [0, 0.1) is 5.92 Å². The number of carbonyl (C=O) groups excluding carboxylic acids is 1. The van der Waals surface area contributed by atoms with E-state index in [4.69, 9.17) is 9.26 Å². The molecule has 2 aromatic carbocycles. The summed E-state index contributed by atoms with van der Waals surface area (Å²) in [5, 5.41) is 7.42. The number of anilines is 1. The fourth-order valence-corrected chi connectivity index (χ4v) is 4.79. The minimum atomic E-state index is 0.0309. The molecule has 2 aliphatic heterocycles. The fourth-order valence-electron chi connectivity index (χ4n) is 4.79. The molecule has 2 saturated heterocycles. The predicted octanol–water partition coefficient (Wildman–Crippen LogP) is 3.35. The van der Waals surface area contributed by atoms with Crippen molar-refractivity contribution < 1.29 is 14.1 Å². The second-order valence-corrected chi connectivity index (χ2v) is 9.11. The van der Waals surface area contributed by atoms with Crippen LogP contribution < -0.4 is 15.0 Å². The van der Waals surface area contributed by atoms with Crippen LogP contribution in [-0.4, -0.2) is 60.3 Å². The second kappa shape index (κ2) is 10.3. The van der Waals surface area contributed by atoms with Crippen molar-refractivity contribution in [3.63, 3.8) is 0 Å². The van der Waals surface area contributed by atoms with Gasteiger partial charge in [0.25, 0.3) is 0 Å². The van der Waals surface area contributed by atoms with Gasteiger partial charge in [0.15, 0.2) is 0 Å². The van der Waals surface area contributed by atoms with Gasteiger partial charge in [-0.25, -0.2) is 0 Å². The van der Waals surface area contributed by atoms with Crippen LogP contribution in [0.5, 0.6) is 5.75 Å². The predicted molar refractivity (Wildman–Crippen MR) is 129 cm³/mol. The van der Waals surface area contributed by atoms with Crippen molar-refractivity contribution in [3.8, 4) is 17.1 Å². The third-order valence-corrected chi connectivity index (χ3v) is 6.77. The number of benzene rings is 2. The summed E-state index contributed by atoms with van der Waals surface area (Å²) < 4.78 is 10.7. The van der Waals surface area contributed by atoms with Gasteiger partial charge in [0, 0.05) is 50.2 Å². The van der Waals surface area contributed by atoms with Gasteiger partial charge in [-0.3, -0.25) is 9.69 Å². The maximum absolute atomic E-state index is 12.9. The normalized spacial score (nSPS) is 19.3. The number of nitrogens with zero attached hydrogens (tertiary/aromatic N) is 4. The van der Waals surface area contributed by atoms with Crippen molar-refractivity contribution in [3.05, 3.63) is 60.2 Å². The number of carbonyl (C=O) groups is 1. The molecule has 1 amide bonds. The topological polar surface area (TPSA) is 83.7 Å². The van der Waals surface area contributed by atoms with E-state index in [2.05, 4.69) is 49.5 Å². The highest BCUT2D eigenvalue weighted by Crippen LogP contribution is 2.26. The van der Waals surface area contributed by atoms with E-state index in [1.165, 1.54) is 5.56 Å². The molecule has 34 heavy (non-hydrogen) atoms. The first-order chi connectivity index (χ1) is 16.7. The Labute approximate surface area is 199 Å². The molecule has 2 fully saturated rings. The number of ether oxygens (including phenoxy) is 1. The monoisotopic (exact) mass is 461 g/mol. The Balaban J connectivity index is 1.09. The number of piperidine rings is 1. The Bertz CT molecular complexity index is 1080. The van der Waals surface area contributed by atoms with Gasteiger partial charge in [-0.2, -0.15) is 4.98 Å². The average Bonchev–Trinajstić information content (AvgIpc) is 3.55. The minimum Gasteiger partial charge on any atom is -0.497 e. The standard InChI is InChI=1S/C26H31N5O3/c1-33-23-9-7-20(8-10-23)24-28-26(34-29-24)31-15-11-21(12-16-31)25(32)27-22-13-14-30(18-22)17-19-5-3-2-4-6-19/h2-10,21-22H,11-18H2,1H3,(H,27,32)/t22-/m0/s1. The summed E-state index contributed by atoms with van der Waals surface area (Å²) in [4.78, 5) is 21.9. The van der Waals surface area contributed by atoms with Crippen molar-refractivity contribution in [2.45, 2.75) is 31.8 Å². The van der Waals surface area contributed by atoms with Crippen LogP contribution in [-0.2, 0) is 11.3 Å². The number of likely N-dealkylation sites (tertiary alicyclic amines) is 1. The third kappa shape index (κ3) is 5.22. The maximum atomic E-state index is 12.9. The van der Waals surface area contributed by atoms with Crippen LogP contribution in [0.1, 0.15) is 24.8 Å². The number of hydrogen-bond acceptors (Lipinski definition) is 7. The molecule has 1 atom stereocenters. The largest absolute Gasteiger partial charge is 0.497 e. The zero-order valence-corrected chi connectivity index (χ0v) is 19.5. The first kappa shape index (κ1) is 22.4. The van der Waals surface area contributed by atoms with E-state index in [9.17, 15) is 4.79 Å². The lowest BCUT2D eigenvalue weighted by molar-refractivity contribution is -0.126. The van der Waals surface area contributed by atoms with Crippen molar-refractivity contribution in [1.29, 1.82) is 0 Å². The van der Waals surface area contributed by atoms with Gasteiger partial charge in [0.1, 0.15) is 5.75 Å². The summed E-state index contributed by atoms with van der Waals surface area (Å²) in [5.41, 5.74) is 2.20. The summed E-state index contributed by atoms with van der Waals surface area (Å²) in [6, 6.07) is 18.8. The number of hydrogen-bond donors (Lipinski definition) is 1. The molecule has 3 aromatic rings. The molecule has 1 aromatic heterocycles. The van der Waals surface area contributed by atoms with Gasteiger partial charge in [-0.15, -0.1) is 0 Å². The molecular weight excluding hydrogens is 430 g/mol. The van der Waals surface area contributed by atoms with E-state index < -0.39 is 0 Å². The zero-order chi connectivity index (χ0) is 23.3. The van der Waals surface area contributed by atoms with Gasteiger partial charge >= 0.3 is 6.01 Å². The molecule has 8 nitrogen and oxygen atoms in total. The van der Waals surface area contributed by atoms with Gasteiger partial charge in [-0.05, 0) is 49.1 Å². The lowest BCUT2D eigenvalue weighted by Crippen LogP contribution is -2.44. The lowest BCUT2D eigenvalue weighted by Gasteiger charge is -2.30. The Morgan fingerprint density at radius 3 is 2.56 bits per heavy atom. The highest BCUT2D eigenvalue weighted by Gasteiger charge is 2.30. The summed E-state index contributed by atoms with van der Waals surface area (Å²) in [5.74, 6) is 1.55. The number of aromatic nitrogens is 2. The molecule has 0 bridgehead atoms. The van der Waals surface area contributed by atoms with Crippen LogP contribution in [0.25, 0.3) is 11.4 Å². The van der Waals surface area contributed by atoms with E-state index in [-0.39, 0.29) is 17.9 Å². The highest BCUT2D eigenvalue weighted by atomic mass is 16.5. The fraction of sp³-hybridized carbons (Fsp3) is 0.423. The van der Waals surface area contributed by atoms with Gasteiger partial charge in [-0.1, -0.05) is 35.5 Å². The zero-order valence-electron chi connectivity index (χ0n) is 19.5. The molecule has 2 aliphatic rings. The second-order valence-electron chi connectivity index (χ2n) is 9.11. The van der Waals surface area contributed by atoms with E-state index in [0.717, 1.165) is 63.3 Å². The molecule has 8 heteroatoms. The van der Waals surface area contributed by atoms with Crippen LogP contribution in [0.3, 0.4) is 0 Å². The average molecular weight is 462 g/mol. The Morgan fingerprint density at radius 1 is 1.06 bits per heavy atom. The Morgan fingerprint density at radius 2 is 1.82 bits per heavy atom. The molecule has 0 radical (unpaired) electrons. The molecular formula is C26H31N5O3. The van der Waals surface area contributed by atoms with Gasteiger partial charge in [0.05, 0.1) is 7.11 Å². The quantitative estimate of drug-likeness (QED) is 0.578. The van der Waals surface area contributed by atoms with E-state index in [1.54, 1.807) is 7.11 Å². The number of rotatable bonds is 7. The van der Waals surface area contributed by atoms with Gasteiger partial charge in [0.2, 0.25) is 11.7 Å². The number of methoxy groups -OCH3 is 1. The van der Waals surface area contributed by atoms with Gasteiger partial charge < -0.3 is 19.5 Å². The maximum Gasteiger partial charge on any atom is 0.324 e. The molecule has 0 saturated carbocycles. The van der Waals surface area contributed by atoms with E-state index >= 15 is 0 Å². The molecule has 178 valence electrons.